The summed E-state index contributed by atoms with van der Waals surface area (Å²) in [5.41, 5.74) is 6.11. The van der Waals surface area contributed by atoms with E-state index < -0.39 is 17.9 Å². The Morgan fingerprint density at radius 3 is 2.88 bits per heavy atom. The molecule has 1 amide bonds. The number of carbonyl (C=O) groups excluding carboxylic acids is 1. The molecule has 94 valence electrons. The highest BCUT2D eigenvalue weighted by Crippen LogP contribution is 2.01. The molecule has 0 radical (unpaired) electrons. The predicted octanol–water partition coefficient (Wildman–Crippen LogP) is -0.209. The third kappa shape index (κ3) is 4.64. The molecule has 7 heteroatoms. The molecule has 0 bridgehead atoms. The van der Waals surface area contributed by atoms with Crippen molar-refractivity contribution in [1.82, 2.24) is 10.5 Å². The van der Waals surface area contributed by atoms with Gasteiger partial charge in [-0.05, 0) is 13.3 Å². The van der Waals surface area contributed by atoms with E-state index in [1.54, 1.807) is 13.0 Å². The summed E-state index contributed by atoms with van der Waals surface area (Å²) in [6.45, 7) is 1.97. The Hall–Kier alpha value is -1.89. The minimum absolute atomic E-state index is 0.110. The van der Waals surface area contributed by atoms with Crippen LogP contribution in [0.5, 0.6) is 0 Å². The number of nitrogens with zero attached hydrogens (tertiary/aromatic N) is 1. The molecular formula is C10H15N3O4. The van der Waals surface area contributed by atoms with Gasteiger partial charge in [-0.2, -0.15) is 0 Å². The molecule has 0 spiro atoms. The molecule has 0 aliphatic rings. The highest BCUT2D eigenvalue weighted by molar-refractivity contribution is 5.82. The SMILES string of the molecule is Cc1cc(CNC(=O)C(N)CCC(=O)O)no1. The van der Waals surface area contributed by atoms with E-state index in [0.29, 0.717) is 11.5 Å². The van der Waals surface area contributed by atoms with Gasteiger partial charge in [0.15, 0.2) is 0 Å². The number of nitrogens with two attached hydrogens (primary N) is 1. The fourth-order valence-electron chi connectivity index (χ4n) is 1.22. The zero-order valence-electron chi connectivity index (χ0n) is 9.47. The van der Waals surface area contributed by atoms with Crippen LogP contribution in [0.15, 0.2) is 10.6 Å². The van der Waals surface area contributed by atoms with Crippen molar-refractivity contribution in [3.8, 4) is 0 Å². The second-order valence-corrected chi connectivity index (χ2v) is 3.69. The molecule has 0 fully saturated rings. The monoisotopic (exact) mass is 241 g/mol. The van der Waals surface area contributed by atoms with Gasteiger partial charge in [-0.3, -0.25) is 9.59 Å². The quantitative estimate of drug-likeness (QED) is 0.634. The number of amides is 1. The van der Waals surface area contributed by atoms with Gasteiger partial charge < -0.3 is 20.7 Å². The van der Waals surface area contributed by atoms with Gasteiger partial charge in [0.2, 0.25) is 5.91 Å². The fourth-order valence-corrected chi connectivity index (χ4v) is 1.22. The summed E-state index contributed by atoms with van der Waals surface area (Å²) in [6.07, 6.45) is -0.0172. The molecule has 1 aromatic heterocycles. The van der Waals surface area contributed by atoms with Crippen LogP contribution >= 0.6 is 0 Å². The molecule has 0 saturated carbocycles. The van der Waals surface area contributed by atoms with E-state index in [1.807, 2.05) is 0 Å². The van der Waals surface area contributed by atoms with E-state index in [1.165, 1.54) is 0 Å². The average Bonchev–Trinajstić information content (AvgIpc) is 2.68. The number of carbonyl (C=O) groups is 2. The normalized spacial score (nSPS) is 12.1. The van der Waals surface area contributed by atoms with Crippen LogP contribution in [-0.4, -0.2) is 28.2 Å². The maximum Gasteiger partial charge on any atom is 0.303 e. The molecule has 17 heavy (non-hydrogen) atoms. The van der Waals surface area contributed by atoms with E-state index in [9.17, 15) is 9.59 Å². The van der Waals surface area contributed by atoms with Crippen molar-refractivity contribution in [2.75, 3.05) is 0 Å². The van der Waals surface area contributed by atoms with Crippen LogP contribution in [0, 0.1) is 6.92 Å². The van der Waals surface area contributed by atoms with Crippen LogP contribution in [0.4, 0.5) is 0 Å². The number of carboxylic acid groups (broad SMARTS) is 1. The van der Waals surface area contributed by atoms with Gasteiger partial charge in [-0.1, -0.05) is 5.16 Å². The summed E-state index contributed by atoms with van der Waals surface area (Å²) in [7, 11) is 0. The van der Waals surface area contributed by atoms with E-state index >= 15 is 0 Å². The van der Waals surface area contributed by atoms with Crippen molar-refractivity contribution in [2.24, 2.45) is 5.73 Å². The minimum Gasteiger partial charge on any atom is -0.481 e. The third-order valence-electron chi connectivity index (χ3n) is 2.13. The molecule has 1 unspecified atom stereocenters. The lowest BCUT2D eigenvalue weighted by Gasteiger charge is -2.09. The maximum absolute atomic E-state index is 11.4. The van der Waals surface area contributed by atoms with Crippen LogP contribution in [0.1, 0.15) is 24.3 Å². The molecule has 1 heterocycles. The van der Waals surface area contributed by atoms with Crippen molar-refractivity contribution in [2.45, 2.75) is 32.4 Å². The summed E-state index contributed by atoms with van der Waals surface area (Å²) in [5.74, 6) is -0.711. The average molecular weight is 241 g/mol. The first-order valence-corrected chi connectivity index (χ1v) is 5.16. The summed E-state index contributed by atoms with van der Waals surface area (Å²) in [4.78, 5) is 21.7. The topological polar surface area (TPSA) is 118 Å². The van der Waals surface area contributed by atoms with Gasteiger partial charge in [-0.25, -0.2) is 0 Å². The molecule has 0 aliphatic carbocycles. The number of rotatable bonds is 6. The Labute approximate surface area is 98.0 Å². The van der Waals surface area contributed by atoms with Gasteiger partial charge in [-0.15, -0.1) is 0 Å². The second-order valence-electron chi connectivity index (χ2n) is 3.69. The lowest BCUT2D eigenvalue weighted by atomic mass is 10.1. The Bertz CT molecular complexity index is 402. The number of hydrogen-bond donors (Lipinski definition) is 3. The summed E-state index contributed by atoms with van der Waals surface area (Å²) in [5, 5.41) is 14.7. The second kappa shape index (κ2) is 6.00. The number of aryl methyl sites for hydroxylation is 1. The van der Waals surface area contributed by atoms with Gasteiger partial charge in [0.05, 0.1) is 12.6 Å². The molecular weight excluding hydrogens is 226 g/mol. The molecule has 0 aromatic carbocycles. The number of hydrogen-bond acceptors (Lipinski definition) is 5. The molecule has 0 saturated heterocycles. The molecule has 1 rings (SSSR count). The van der Waals surface area contributed by atoms with Gasteiger partial charge >= 0.3 is 5.97 Å². The zero-order chi connectivity index (χ0) is 12.8. The molecule has 1 atom stereocenters. The lowest BCUT2D eigenvalue weighted by Crippen LogP contribution is -2.40. The predicted molar refractivity (Wildman–Crippen MR) is 57.9 cm³/mol. The highest BCUT2D eigenvalue weighted by Gasteiger charge is 2.14. The van der Waals surface area contributed by atoms with Crippen LogP contribution in [0.3, 0.4) is 0 Å². The standard InChI is InChI=1S/C10H15N3O4/c1-6-4-7(13-17-6)5-12-10(16)8(11)2-3-9(14)15/h4,8H,2-3,5,11H2,1H3,(H,12,16)(H,14,15). The number of carboxylic acids is 1. The fraction of sp³-hybridized carbons (Fsp3) is 0.500. The molecule has 0 aliphatic heterocycles. The van der Waals surface area contributed by atoms with Crippen LogP contribution in [0.2, 0.25) is 0 Å². The number of aromatic nitrogens is 1. The maximum atomic E-state index is 11.4. The summed E-state index contributed by atoms with van der Waals surface area (Å²) in [6, 6.07) is 0.877. The van der Waals surface area contributed by atoms with Crippen molar-refractivity contribution in [3.63, 3.8) is 0 Å². The smallest absolute Gasteiger partial charge is 0.303 e. The Balaban J connectivity index is 2.31. The van der Waals surface area contributed by atoms with E-state index in [0.717, 1.165) is 0 Å². The van der Waals surface area contributed by atoms with Crippen LogP contribution in [0.25, 0.3) is 0 Å². The minimum atomic E-state index is -0.972. The van der Waals surface area contributed by atoms with E-state index in [-0.39, 0.29) is 19.4 Å². The summed E-state index contributed by atoms with van der Waals surface area (Å²) < 4.78 is 4.83. The largest absolute Gasteiger partial charge is 0.481 e. The highest BCUT2D eigenvalue weighted by atomic mass is 16.5. The first-order valence-electron chi connectivity index (χ1n) is 5.16. The van der Waals surface area contributed by atoms with Crippen molar-refractivity contribution < 1.29 is 19.2 Å². The van der Waals surface area contributed by atoms with Crippen molar-refractivity contribution in [1.29, 1.82) is 0 Å². The lowest BCUT2D eigenvalue weighted by molar-refractivity contribution is -0.137. The first kappa shape index (κ1) is 13.2. The van der Waals surface area contributed by atoms with Crippen LogP contribution < -0.4 is 11.1 Å². The van der Waals surface area contributed by atoms with Crippen LogP contribution in [-0.2, 0) is 16.1 Å². The van der Waals surface area contributed by atoms with Gasteiger partial charge in [0.25, 0.3) is 0 Å². The van der Waals surface area contributed by atoms with Crippen molar-refractivity contribution in [3.05, 3.63) is 17.5 Å². The van der Waals surface area contributed by atoms with E-state index in [4.69, 9.17) is 15.4 Å². The van der Waals surface area contributed by atoms with E-state index in [2.05, 4.69) is 10.5 Å². The summed E-state index contributed by atoms with van der Waals surface area (Å²) >= 11 is 0. The first-order chi connectivity index (χ1) is 7.99. The molecule has 7 nitrogen and oxygen atoms in total. The van der Waals surface area contributed by atoms with Gasteiger partial charge in [0.1, 0.15) is 11.5 Å². The number of aliphatic carboxylic acids is 1. The Kier molecular flexibility index (Phi) is 4.65. The Morgan fingerprint density at radius 2 is 2.35 bits per heavy atom. The molecule has 1 aromatic rings. The van der Waals surface area contributed by atoms with Crippen molar-refractivity contribution >= 4 is 11.9 Å². The zero-order valence-corrected chi connectivity index (χ0v) is 9.47. The third-order valence-corrected chi connectivity index (χ3v) is 2.13. The number of nitrogens with one attached hydrogen (secondary N) is 1. The Morgan fingerprint density at radius 1 is 1.65 bits per heavy atom. The molecule has 4 N–H and O–H groups in total. The van der Waals surface area contributed by atoms with Gasteiger partial charge in [0, 0.05) is 12.5 Å².